The summed E-state index contributed by atoms with van der Waals surface area (Å²) in [6.45, 7) is 4.94. The summed E-state index contributed by atoms with van der Waals surface area (Å²) in [5.41, 5.74) is 4.91. The minimum Gasteiger partial charge on any atom is -0.480 e. The van der Waals surface area contributed by atoms with Crippen LogP contribution >= 0.6 is 0 Å². The number of carboxylic acids is 2. The normalized spacial score (nSPS) is 13.3. The number of hydrogen-bond donors (Lipinski definition) is 4. The molecule has 0 aliphatic rings. The van der Waals surface area contributed by atoms with Crippen LogP contribution in [0.15, 0.2) is 0 Å². The largest absolute Gasteiger partial charge is 0.480 e. The second-order valence-corrected chi connectivity index (χ2v) is 3.93. The molecule has 0 amide bonds. The molecule has 0 aliphatic heterocycles. The Labute approximate surface area is 99.2 Å². The van der Waals surface area contributed by atoms with E-state index in [4.69, 9.17) is 21.1 Å². The molecule has 7 nitrogen and oxygen atoms in total. The molecular formula is C10H19NO6. The highest BCUT2D eigenvalue weighted by Gasteiger charge is 2.16. The van der Waals surface area contributed by atoms with Crippen LogP contribution in [0.25, 0.3) is 0 Å². The molecule has 0 saturated carbocycles. The summed E-state index contributed by atoms with van der Waals surface area (Å²) in [7, 11) is 0. The predicted octanol–water partition coefficient (Wildman–Crippen LogP) is -0.535. The van der Waals surface area contributed by atoms with E-state index in [1.54, 1.807) is 13.8 Å². The van der Waals surface area contributed by atoms with Crippen LogP contribution in [-0.2, 0) is 14.4 Å². The van der Waals surface area contributed by atoms with Crippen molar-refractivity contribution in [2.24, 2.45) is 11.7 Å². The van der Waals surface area contributed by atoms with Gasteiger partial charge in [0.15, 0.2) is 0 Å². The lowest BCUT2D eigenvalue weighted by atomic mass is 10.1. The average molecular weight is 249 g/mol. The van der Waals surface area contributed by atoms with Crippen molar-refractivity contribution in [2.45, 2.75) is 39.3 Å². The van der Waals surface area contributed by atoms with Crippen LogP contribution in [0.1, 0.15) is 27.2 Å². The molecule has 2 atom stereocenters. The van der Waals surface area contributed by atoms with Crippen molar-refractivity contribution in [2.75, 3.05) is 0 Å². The molecule has 0 heterocycles. The third-order valence-electron chi connectivity index (χ3n) is 1.64. The molecule has 0 aromatic rings. The van der Waals surface area contributed by atoms with Crippen LogP contribution < -0.4 is 5.73 Å². The number of ketones is 1. The monoisotopic (exact) mass is 249 g/mol. The molecule has 17 heavy (non-hydrogen) atoms. The van der Waals surface area contributed by atoms with E-state index in [0.717, 1.165) is 0 Å². The maximum Gasteiger partial charge on any atom is 0.372 e. The smallest absolute Gasteiger partial charge is 0.372 e. The van der Waals surface area contributed by atoms with Gasteiger partial charge in [-0.05, 0) is 12.8 Å². The summed E-state index contributed by atoms with van der Waals surface area (Å²) in [6, 6.07) is -1.16. The third kappa shape index (κ3) is 10.8. The number of carbonyl (C=O) groups excluding carboxylic acids is 1. The summed E-state index contributed by atoms with van der Waals surface area (Å²) in [6.07, 6.45) is -0.845. The first kappa shape index (κ1) is 17.9. The molecule has 0 fully saturated rings. The zero-order valence-electron chi connectivity index (χ0n) is 10.1. The SMILES string of the molecule is CC(C)CC(=O)C(=O)O.C[C@@H](O)[C@H](N)C(=O)O. The summed E-state index contributed by atoms with van der Waals surface area (Å²) >= 11 is 0. The highest BCUT2D eigenvalue weighted by Crippen LogP contribution is 1.99. The molecule has 100 valence electrons. The van der Waals surface area contributed by atoms with Gasteiger partial charge in [0.1, 0.15) is 6.04 Å². The van der Waals surface area contributed by atoms with Crippen LogP contribution in [0.5, 0.6) is 0 Å². The van der Waals surface area contributed by atoms with Gasteiger partial charge in [0, 0.05) is 6.42 Å². The van der Waals surface area contributed by atoms with Crippen molar-refractivity contribution in [3.8, 4) is 0 Å². The van der Waals surface area contributed by atoms with Crippen LogP contribution in [0.4, 0.5) is 0 Å². The maximum absolute atomic E-state index is 10.4. The van der Waals surface area contributed by atoms with Crippen molar-refractivity contribution in [1.29, 1.82) is 0 Å². The number of carbonyl (C=O) groups is 3. The zero-order valence-corrected chi connectivity index (χ0v) is 10.1. The molecule has 0 aromatic carbocycles. The van der Waals surface area contributed by atoms with Crippen LogP contribution in [0.3, 0.4) is 0 Å². The summed E-state index contributed by atoms with van der Waals surface area (Å²) in [5, 5.41) is 24.6. The molecule has 0 saturated heterocycles. The Morgan fingerprint density at radius 3 is 1.59 bits per heavy atom. The number of aliphatic hydroxyl groups is 1. The van der Waals surface area contributed by atoms with Crippen molar-refractivity contribution >= 4 is 17.7 Å². The van der Waals surface area contributed by atoms with E-state index >= 15 is 0 Å². The average Bonchev–Trinajstić information content (AvgIpc) is 2.15. The van der Waals surface area contributed by atoms with Crippen molar-refractivity contribution in [3.63, 3.8) is 0 Å². The molecule has 0 aliphatic carbocycles. The number of Topliss-reactive ketones (excluding diaryl/α,β-unsaturated/α-hetero) is 1. The zero-order chi connectivity index (χ0) is 14.2. The van der Waals surface area contributed by atoms with Crippen molar-refractivity contribution in [1.82, 2.24) is 0 Å². The van der Waals surface area contributed by atoms with Crippen molar-refractivity contribution < 1.29 is 29.7 Å². The van der Waals surface area contributed by atoms with Gasteiger partial charge in [-0.1, -0.05) is 13.8 Å². The summed E-state index contributed by atoms with van der Waals surface area (Å²) in [5.74, 6) is -3.08. The first-order valence-corrected chi connectivity index (χ1v) is 5.02. The van der Waals surface area contributed by atoms with Gasteiger partial charge in [-0.2, -0.15) is 0 Å². The van der Waals surface area contributed by atoms with E-state index in [9.17, 15) is 14.4 Å². The molecule has 0 spiro atoms. The van der Waals surface area contributed by atoms with Crippen molar-refractivity contribution in [3.05, 3.63) is 0 Å². The van der Waals surface area contributed by atoms with E-state index in [1.807, 2.05) is 0 Å². The van der Waals surface area contributed by atoms with Crippen LogP contribution in [0.2, 0.25) is 0 Å². The van der Waals surface area contributed by atoms with Gasteiger partial charge in [-0.25, -0.2) is 4.79 Å². The van der Waals surface area contributed by atoms with Gasteiger partial charge in [-0.15, -0.1) is 0 Å². The van der Waals surface area contributed by atoms with E-state index in [-0.39, 0.29) is 12.3 Å². The molecule has 0 radical (unpaired) electrons. The number of nitrogens with two attached hydrogens (primary N) is 1. The highest BCUT2D eigenvalue weighted by molar-refractivity contribution is 6.32. The van der Waals surface area contributed by atoms with E-state index in [0.29, 0.717) is 0 Å². The summed E-state index contributed by atoms with van der Waals surface area (Å²) in [4.78, 5) is 30.1. The maximum atomic E-state index is 10.4. The fraction of sp³-hybridized carbons (Fsp3) is 0.700. The molecule has 0 rings (SSSR count). The number of rotatable bonds is 5. The lowest BCUT2D eigenvalue weighted by molar-refractivity contribution is -0.149. The predicted molar refractivity (Wildman–Crippen MR) is 59.4 cm³/mol. The van der Waals surface area contributed by atoms with Gasteiger partial charge in [0.05, 0.1) is 6.10 Å². The Morgan fingerprint density at radius 2 is 1.53 bits per heavy atom. The topological polar surface area (TPSA) is 138 Å². The molecule has 7 heteroatoms. The van der Waals surface area contributed by atoms with E-state index in [1.165, 1.54) is 6.92 Å². The van der Waals surface area contributed by atoms with Crippen LogP contribution in [0, 0.1) is 5.92 Å². The van der Waals surface area contributed by atoms with Crippen LogP contribution in [-0.4, -0.2) is 45.2 Å². The summed E-state index contributed by atoms with van der Waals surface area (Å²) < 4.78 is 0. The number of carboxylic acid groups (broad SMARTS) is 2. The number of aliphatic carboxylic acids is 2. The Kier molecular flexibility index (Phi) is 9.12. The second kappa shape index (κ2) is 8.66. The minimum absolute atomic E-state index is 0.133. The van der Waals surface area contributed by atoms with Gasteiger partial charge in [0.25, 0.3) is 0 Å². The molecule has 0 bridgehead atoms. The Balaban J connectivity index is 0. The first-order chi connectivity index (χ1) is 7.59. The Bertz CT molecular complexity index is 274. The number of hydrogen-bond acceptors (Lipinski definition) is 5. The highest BCUT2D eigenvalue weighted by atomic mass is 16.4. The second-order valence-electron chi connectivity index (χ2n) is 3.93. The molecule has 0 unspecified atom stereocenters. The lowest BCUT2D eigenvalue weighted by Gasteiger charge is -2.06. The van der Waals surface area contributed by atoms with Gasteiger partial charge < -0.3 is 21.1 Å². The fourth-order valence-corrected chi connectivity index (χ4v) is 0.664. The first-order valence-electron chi connectivity index (χ1n) is 5.02. The Hall–Kier alpha value is -1.47. The number of aliphatic hydroxyl groups excluding tert-OH is 1. The molecular weight excluding hydrogens is 230 g/mol. The van der Waals surface area contributed by atoms with Gasteiger partial charge >= 0.3 is 11.9 Å². The fourth-order valence-electron chi connectivity index (χ4n) is 0.664. The third-order valence-corrected chi connectivity index (χ3v) is 1.64. The molecule has 0 aromatic heterocycles. The quantitative estimate of drug-likeness (QED) is 0.480. The van der Waals surface area contributed by atoms with E-state index in [2.05, 4.69) is 0 Å². The van der Waals surface area contributed by atoms with Gasteiger partial charge in [-0.3, -0.25) is 9.59 Å². The Morgan fingerprint density at radius 1 is 1.12 bits per heavy atom. The van der Waals surface area contributed by atoms with E-state index < -0.39 is 29.9 Å². The van der Waals surface area contributed by atoms with Gasteiger partial charge in [0.2, 0.25) is 5.78 Å². The lowest BCUT2D eigenvalue weighted by Crippen LogP contribution is -2.39. The minimum atomic E-state index is -1.33. The standard InChI is InChI=1S/C6H10O3.C4H9NO3/c1-4(2)3-5(7)6(8)9;1-2(6)3(5)4(7)8/h4H,3H2,1-2H3,(H,8,9);2-3,6H,5H2,1H3,(H,7,8)/t;2-,3+/m.1/s1. The molecule has 5 N–H and O–H groups in total.